The number of halogens is 1. The molecule has 0 radical (unpaired) electrons. The summed E-state index contributed by atoms with van der Waals surface area (Å²) in [5.74, 6) is -0.111. The Morgan fingerprint density at radius 1 is 0.893 bits per heavy atom. The van der Waals surface area contributed by atoms with Crippen molar-refractivity contribution >= 4 is 44.6 Å². The molecule has 1 aliphatic heterocycles. The highest BCUT2D eigenvalue weighted by molar-refractivity contribution is 9.10. The first-order valence-electron chi connectivity index (χ1n) is 8.81. The zero-order chi connectivity index (χ0) is 19.7. The van der Waals surface area contributed by atoms with Gasteiger partial charge in [0.1, 0.15) is 4.99 Å². The number of hydrogen-bond acceptors (Lipinski definition) is 3. The minimum absolute atomic E-state index is 0.111. The van der Waals surface area contributed by atoms with Gasteiger partial charge in [-0.05, 0) is 42.0 Å². The van der Waals surface area contributed by atoms with Crippen LogP contribution in [0, 0.1) is 0 Å². The van der Waals surface area contributed by atoms with E-state index in [4.69, 9.17) is 18.0 Å². The molecule has 28 heavy (non-hydrogen) atoms. The maximum atomic E-state index is 13.4. The summed E-state index contributed by atoms with van der Waals surface area (Å²) in [6.45, 7) is 0. The maximum Gasteiger partial charge on any atom is 0.193 e. The topological polar surface area (TPSA) is 46.3 Å². The van der Waals surface area contributed by atoms with E-state index in [1.165, 1.54) is 0 Å². The molecule has 0 aromatic heterocycles. The van der Waals surface area contributed by atoms with Crippen molar-refractivity contribution in [1.82, 2.24) is 0 Å². The van der Waals surface area contributed by atoms with Gasteiger partial charge in [0, 0.05) is 15.7 Å². The summed E-state index contributed by atoms with van der Waals surface area (Å²) in [5, 5.41) is 0. The average molecular weight is 449 g/mol. The van der Waals surface area contributed by atoms with Gasteiger partial charge in [0.25, 0.3) is 0 Å². The van der Waals surface area contributed by atoms with Crippen LogP contribution in [0.1, 0.15) is 22.0 Å². The quantitative estimate of drug-likeness (QED) is 0.426. The number of para-hydroxylation sites is 1. The molecule has 3 aromatic carbocycles. The molecule has 3 aromatic rings. The molecule has 1 heterocycles. The minimum atomic E-state index is -0.368. The molecule has 1 atom stereocenters. The van der Waals surface area contributed by atoms with Crippen molar-refractivity contribution in [3.8, 4) is 0 Å². The Balaban J connectivity index is 1.86. The number of rotatable bonds is 4. The van der Waals surface area contributed by atoms with Crippen molar-refractivity contribution in [3.63, 3.8) is 0 Å². The van der Waals surface area contributed by atoms with Gasteiger partial charge in [0.2, 0.25) is 0 Å². The smallest absolute Gasteiger partial charge is 0.193 e. The number of carbonyl (C=O) groups is 1. The van der Waals surface area contributed by atoms with Crippen LogP contribution in [0.2, 0.25) is 0 Å². The van der Waals surface area contributed by atoms with E-state index in [0.717, 1.165) is 15.7 Å². The molecular formula is C23H17BrN2OS. The molecule has 1 aliphatic rings. The summed E-state index contributed by atoms with van der Waals surface area (Å²) in [6.07, 6.45) is 0. The van der Waals surface area contributed by atoms with E-state index in [0.29, 0.717) is 21.8 Å². The van der Waals surface area contributed by atoms with Crippen LogP contribution in [0.25, 0.3) is 0 Å². The SMILES string of the molecule is NC1=C(C(=O)c2ccc(Br)cc2)C(c2ccccc2)N(c2ccccc2)C1=S. The lowest BCUT2D eigenvalue weighted by molar-refractivity contribution is 0.102. The summed E-state index contributed by atoms with van der Waals surface area (Å²) in [6, 6.07) is 26.6. The second-order valence-corrected chi connectivity index (χ2v) is 7.79. The van der Waals surface area contributed by atoms with Crippen LogP contribution in [0.3, 0.4) is 0 Å². The molecule has 2 N–H and O–H groups in total. The molecule has 4 rings (SSSR count). The Bertz CT molecular complexity index is 1060. The van der Waals surface area contributed by atoms with Gasteiger partial charge >= 0.3 is 0 Å². The number of nitrogens with two attached hydrogens (primary N) is 1. The molecule has 0 aliphatic carbocycles. The van der Waals surface area contributed by atoms with Crippen molar-refractivity contribution in [3.05, 3.63) is 112 Å². The van der Waals surface area contributed by atoms with Crippen LogP contribution in [0.5, 0.6) is 0 Å². The van der Waals surface area contributed by atoms with Crippen molar-refractivity contribution in [2.24, 2.45) is 5.73 Å². The number of anilines is 1. The Morgan fingerprint density at radius 3 is 2.07 bits per heavy atom. The summed E-state index contributed by atoms with van der Waals surface area (Å²) in [7, 11) is 0. The van der Waals surface area contributed by atoms with Gasteiger partial charge in [-0.3, -0.25) is 4.79 Å². The fourth-order valence-electron chi connectivity index (χ4n) is 3.45. The van der Waals surface area contributed by atoms with E-state index >= 15 is 0 Å². The van der Waals surface area contributed by atoms with Gasteiger partial charge in [0.05, 0.1) is 17.3 Å². The normalized spacial score (nSPS) is 16.5. The molecular weight excluding hydrogens is 432 g/mol. The van der Waals surface area contributed by atoms with Gasteiger partial charge < -0.3 is 10.6 Å². The van der Waals surface area contributed by atoms with Crippen LogP contribution in [0.4, 0.5) is 5.69 Å². The number of ketones is 1. The second kappa shape index (κ2) is 7.70. The lowest BCUT2D eigenvalue weighted by atomic mass is 9.92. The number of nitrogens with zero attached hydrogens (tertiary/aromatic N) is 1. The number of thiocarbonyl (C=S) groups is 1. The van der Waals surface area contributed by atoms with E-state index in [1.807, 2.05) is 77.7 Å². The highest BCUT2D eigenvalue weighted by Gasteiger charge is 2.40. The third kappa shape index (κ3) is 3.28. The summed E-state index contributed by atoms with van der Waals surface area (Å²) >= 11 is 9.08. The number of carbonyl (C=O) groups excluding carboxylic acids is 1. The summed E-state index contributed by atoms with van der Waals surface area (Å²) < 4.78 is 0.915. The van der Waals surface area contributed by atoms with E-state index in [-0.39, 0.29) is 11.8 Å². The summed E-state index contributed by atoms with van der Waals surface area (Å²) in [4.78, 5) is 15.9. The molecule has 138 valence electrons. The van der Waals surface area contributed by atoms with Crippen LogP contribution >= 0.6 is 28.1 Å². The van der Waals surface area contributed by atoms with Crippen molar-refractivity contribution < 1.29 is 4.79 Å². The lowest BCUT2D eigenvalue weighted by Crippen LogP contribution is -2.30. The third-order valence-electron chi connectivity index (χ3n) is 4.77. The number of benzene rings is 3. The van der Waals surface area contributed by atoms with Gasteiger partial charge in [-0.15, -0.1) is 0 Å². The fourth-order valence-corrected chi connectivity index (χ4v) is 4.03. The second-order valence-electron chi connectivity index (χ2n) is 6.49. The van der Waals surface area contributed by atoms with E-state index in [1.54, 1.807) is 12.1 Å². The van der Waals surface area contributed by atoms with Crippen LogP contribution in [-0.4, -0.2) is 10.8 Å². The van der Waals surface area contributed by atoms with Crippen molar-refractivity contribution in [2.75, 3.05) is 4.90 Å². The Morgan fingerprint density at radius 2 is 1.46 bits per heavy atom. The van der Waals surface area contributed by atoms with Crippen molar-refractivity contribution in [1.29, 1.82) is 0 Å². The fraction of sp³-hybridized carbons (Fsp3) is 0.0435. The molecule has 5 heteroatoms. The molecule has 0 saturated carbocycles. The number of hydrogen-bond donors (Lipinski definition) is 1. The predicted molar refractivity (Wildman–Crippen MR) is 120 cm³/mol. The molecule has 0 spiro atoms. The summed E-state index contributed by atoms with van der Waals surface area (Å²) in [5.41, 5.74) is 9.75. The van der Waals surface area contributed by atoms with E-state index < -0.39 is 0 Å². The molecule has 0 fully saturated rings. The minimum Gasteiger partial charge on any atom is -0.396 e. The molecule has 1 unspecified atom stereocenters. The first kappa shape index (κ1) is 18.6. The van der Waals surface area contributed by atoms with Crippen LogP contribution in [-0.2, 0) is 0 Å². The average Bonchev–Trinajstić information content (AvgIpc) is 3.00. The number of Topliss-reactive ketones (excluding diaryl/α,β-unsaturated/α-hetero) is 1. The van der Waals surface area contributed by atoms with Crippen LogP contribution < -0.4 is 10.6 Å². The zero-order valence-electron chi connectivity index (χ0n) is 14.9. The van der Waals surface area contributed by atoms with Gasteiger partial charge in [-0.25, -0.2) is 0 Å². The third-order valence-corrected chi connectivity index (χ3v) is 5.72. The Labute approximate surface area is 177 Å². The maximum absolute atomic E-state index is 13.4. The van der Waals surface area contributed by atoms with Gasteiger partial charge in [0.15, 0.2) is 5.78 Å². The monoisotopic (exact) mass is 448 g/mol. The van der Waals surface area contributed by atoms with Crippen molar-refractivity contribution in [2.45, 2.75) is 6.04 Å². The van der Waals surface area contributed by atoms with Crippen LogP contribution in [0.15, 0.2) is 101 Å². The zero-order valence-corrected chi connectivity index (χ0v) is 17.3. The lowest BCUT2D eigenvalue weighted by Gasteiger charge is -2.28. The van der Waals surface area contributed by atoms with E-state index in [2.05, 4.69) is 15.9 Å². The standard InChI is InChI=1S/C23H17BrN2OS/c24-17-13-11-16(12-14-17)22(27)19-20(25)23(28)26(18-9-5-2-6-10-18)21(19)15-7-3-1-4-8-15/h1-14,21H,25H2. The van der Waals surface area contributed by atoms with E-state index in [9.17, 15) is 4.79 Å². The highest BCUT2D eigenvalue weighted by atomic mass is 79.9. The largest absolute Gasteiger partial charge is 0.396 e. The first-order valence-corrected chi connectivity index (χ1v) is 10.0. The Hall–Kier alpha value is -2.76. The van der Waals surface area contributed by atoms with Gasteiger partial charge in [-0.2, -0.15) is 0 Å². The molecule has 0 saturated heterocycles. The predicted octanol–water partition coefficient (Wildman–Crippen LogP) is 5.43. The highest BCUT2D eigenvalue weighted by Crippen LogP contribution is 2.41. The molecule has 3 nitrogen and oxygen atoms in total. The van der Waals surface area contributed by atoms with Gasteiger partial charge in [-0.1, -0.05) is 76.7 Å². The molecule has 0 bridgehead atoms. The first-order chi connectivity index (χ1) is 13.6. The molecule has 0 amide bonds. The Kier molecular flexibility index (Phi) is 5.11.